The van der Waals surface area contributed by atoms with Crippen LogP contribution in [0.15, 0.2) is 53.4 Å². The van der Waals surface area contributed by atoms with Gasteiger partial charge in [-0.1, -0.05) is 30.3 Å². The van der Waals surface area contributed by atoms with Gasteiger partial charge in [-0.2, -0.15) is 0 Å². The van der Waals surface area contributed by atoms with E-state index < -0.39 is 15.4 Å². The second-order valence-electron chi connectivity index (χ2n) is 6.67. The average molecular weight is 376 g/mol. The number of halogens is 1. The zero-order chi connectivity index (χ0) is 18.9. The van der Waals surface area contributed by atoms with Crippen molar-refractivity contribution in [2.75, 3.05) is 14.1 Å². The third kappa shape index (κ3) is 3.37. The summed E-state index contributed by atoms with van der Waals surface area (Å²) >= 11 is 0. The Bertz CT molecular complexity index is 920. The summed E-state index contributed by atoms with van der Waals surface area (Å²) in [6, 6.07) is 12.6. The van der Waals surface area contributed by atoms with Gasteiger partial charge in [0.1, 0.15) is 5.82 Å². The molecule has 1 aliphatic carbocycles. The molecule has 7 heteroatoms. The minimum atomic E-state index is -3.59. The first kappa shape index (κ1) is 18.5. The zero-order valence-electron chi connectivity index (χ0n) is 14.7. The lowest BCUT2D eigenvalue weighted by atomic mass is 9.95. The largest absolute Gasteiger partial charge is 0.351 e. The van der Waals surface area contributed by atoms with Gasteiger partial charge < -0.3 is 5.32 Å². The van der Waals surface area contributed by atoms with Crippen LogP contribution in [0.4, 0.5) is 4.39 Å². The van der Waals surface area contributed by atoms with E-state index >= 15 is 0 Å². The summed E-state index contributed by atoms with van der Waals surface area (Å²) in [7, 11) is -0.651. The van der Waals surface area contributed by atoms with Crippen molar-refractivity contribution >= 4 is 15.9 Å². The molecule has 138 valence electrons. The van der Waals surface area contributed by atoms with Crippen LogP contribution in [0.3, 0.4) is 0 Å². The van der Waals surface area contributed by atoms with Crippen LogP contribution in [-0.2, 0) is 26.8 Å². The molecule has 1 aliphatic rings. The minimum absolute atomic E-state index is 0.116. The van der Waals surface area contributed by atoms with Gasteiger partial charge in [0.05, 0.1) is 10.3 Å². The quantitative estimate of drug-likeness (QED) is 0.842. The number of benzene rings is 2. The third-order valence-corrected chi connectivity index (χ3v) is 6.67. The maximum absolute atomic E-state index is 13.1. The Morgan fingerprint density at radius 3 is 2.31 bits per heavy atom. The molecule has 0 spiro atoms. The highest BCUT2D eigenvalue weighted by molar-refractivity contribution is 7.89. The first-order chi connectivity index (χ1) is 12.3. The number of nitrogens with zero attached hydrogens (tertiary/aromatic N) is 1. The van der Waals surface area contributed by atoms with Gasteiger partial charge in [0.25, 0.3) is 0 Å². The molecule has 0 bridgehead atoms. The smallest absolute Gasteiger partial charge is 0.242 e. The number of carbonyl (C=O) groups is 1. The van der Waals surface area contributed by atoms with E-state index in [2.05, 4.69) is 5.32 Å². The maximum atomic E-state index is 13.1. The maximum Gasteiger partial charge on any atom is 0.242 e. The van der Waals surface area contributed by atoms with E-state index in [1.807, 2.05) is 0 Å². The van der Waals surface area contributed by atoms with Crippen molar-refractivity contribution in [1.82, 2.24) is 9.62 Å². The number of rotatable bonds is 6. The molecule has 2 aromatic carbocycles. The SMILES string of the molecule is CN(C)S(=O)(=O)c1ccccc1CNC(=O)C1(c2ccc(F)cc2)CC1. The molecule has 1 saturated carbocycles. The normalized spacial score (nSPS) is 15.7. The second kappa shape index (κ2) is 6.81. The van der Waals surface area contributed by atoms with Crippen LogP contribution in [0, 0.1) is 5.82 Å². The van der Waals surface area contributed by atoms with Crippen molar-refractivity contribution in [2.45, 2.75) is 29.7 Å². The summed E-state index contributed by atoms with van der Waals surface area (Å²) in [4.78, 5) is 12.9. The topological polar surface area (TPSA) is 66.5 Å². The molecule has 26 heavy (non-hydrogen) atoms. The molecular weight excluding hydrogens is 355 g/mol. The van der Waals surface area contributed by atoms with Gasteiger partial charge in [-0.15, -0.1) is 0 Å². The van der Waals surface area contributed by atoms with Crippen LogP contribution >= 0.6 is 0 Å². The van der Waals surface area contributed by atoms with Crippen LogP contribution in [0.1, 0.15) is 24.0 Å². The first-order valence-electron chi connectivity index (χ1n) is 8.32. The van der Waals surface area contributed by atoms with Crippen molar-refractivity contribution in [1.29, 1.82) is 0 Å². The molecule has 1 fully saturated rings. The van der Waals surface area contributed by atoms with Crippen LogP contribution in [0.2, 0.25) is 0 Å². The Morgan fingerprint density at radius 1 is 1.12 bits per heavy atom. The number of carbonyl (C=O) groups excluding carboxylic acids is 1. The predicted octanol–water partition coefficient (Wildman–Crippen LogP) is 2.42. The van der Waals surface area contributed by atoms with Gasteiger partial charge in [0.2, 0.25) is 15.9 Å². The predicted molar refractivity (Wildman–Crippen MR) is 96.5 cm³/mol. The van der Waals surface area contributed by atoms with Crippen molar-refractivity contribution < 1.29 is 17.6 Å². The van der Waals surface area contributed by atoms with Gasteiger partial charge in [-0.3, -0.25) is 4.79 Å². The van der Waals surface area contributed by atoms with Crippen molar-refractivity contribution in [3.05, 3.63) is 65.5 Å². The Labute approximate surface area is 152 Å². The summed E-state index contributed by atoms with van der Waals surface area (Å²) in [5, 5.41) is 2.85. The van der Waals surface area contributed by atoms with Gasteiger partial charge in [0.15, 0.2) is 0 Å². The van der Waals surface area contributed by atoms with Gasteiger partial charge >= 0.3 is 0 Å². The fraction of sp³-hybridized carbons (Fsp3) is 0.316. The van der Waals surface area contributed by atoms with Crippen LogP contribution in [0.5, 0.6) is 0 Å². The highest BCUT2D eigenvalue weighted by atomic mass is 32.2. The number of nitrogens with one attached hydrogen (secondary N) is 1. The highest BCUT2D eigenvalue weighted by Gasteiger charge is 2.51. The van der Waals surface area contributed by atoms with Gasteiger partial charge in [0, 0.05) is 20.6 Å². The number of sulfonamides is 1. The third-order valence-electron chi connectivity index (χ3n) is 4.75. The van der Waals surface area contributed by atoms with Crippen molar-refractivity contribution in [3.63, 3.8) is 0 Å². The van der Waals surface area contributed by atoms with E-state index in [4.69, 9.17) is 0 Å². The fourth-order valence-electron chi connectivity index (χ4n) is 2.98. The van der Waals surface area contributed by atoms with E-state index in [1.165, 1.54) is 32.3 Å². The van der Waals surface area contributed by atoms with Gasteiger partial charge in [-0.05, 0) is 42.2 Å². The highest BCUT2D eigenvalue weighted by Crippen LogP contribution is 2.48. The van der Waals surface area contributed by atoms with E-state index in [1.54, 1.807) is 30.3 Å². The molecule has 2 aromatic rings. The lowest BCUT2D eigenvalue weighted by Gasteiger charge is -2.18. The van der Waals surface area contributed by atoms with E-state index in [-0.39, 0.29) is 23.2 Å². The average Bonchev–Trinajstić information content (AvgIpc) is 3.42. The second-order valence-corrected chi connectivity index (χ2v) is 8.79. The number of amides is 1. The monoisotopic (exact) mass is 376 g/mol. The standard InChI is InChI=1S/C19H21FN2O3S/c1-22(2)26(24,25)17-6-4-3-5-14(17)13-21-18(23)19(11-12-19)15-7-9-16(20)10-8-15/h3-10H,11-13H2,1-2H3,(H,21,23). The van der Waals surface area contributed by atoms with Crippen molar-refractivity contribution in [2.24, 2.45) is 0 Å². The molecule has 3 rings (SSSR count). The summed E-state index contributed by atoms with van der Waals surface area (Å²) in [5.74, 6) is -0.506. The van der Waals surface area contributed by atoms with Crippen molar-refractivity contribution in [3.8, 4) is 0 Å². The molecule has 5 nitrogen and oxygen atoms in total. The molecule has 1 amide bonds. The summed E-state index contributed by atoms with van der Waals surface area (Å²) in [6.45, 7) is 0.116. The molecular formula is C19H21FN2O3S. The number of hydrogen-bond acceptors (Lipinski definition) is 3. The van der Waals surface area contributed by atoms with E-state index in [0.717, 1.165) is 9.87 Å². The molecule has 0 unspecified atom stereocenters. The summed E-state index contributed by atoms with van der Waals surface area (Å²) < 4.78 is 39.1. The number of hydrogen-bond donors (Lipinski definition) is 1. The van der Waals surface area contributed by atoms with Crippen LogP contribution in [0.25, 0.3) is 0 Å². The first-order valence-corrected chi connectivity index (χ1v) is 9.76. The van der Waals surface area contributed by atoms with Crippen LogP contribution in [-0.4, -0.2) is 32.7 Å². The van der Waals surface area contributed by atoms with E-state index in [0.29, 0.717) is 18.4 Å². The fourth-order valence-corrected chi connectivity index (χ4v) is 4.10. The molecule has 0 aliphatic heterocycles. The van der Waals surface area contributed by atoms with E-state index in [9.17, 15) is 17.6 Å². The minimum Gasteiger partial charge on any atom is -0.351 e. The Kier molecular flexibility index (Phi) is 4.86. The lowest BCUT2D eigenvalue weighted by Crippen LogP contribution is -2.35. The molecule has 0 aromatic heterocycles. The zero-order valence-corrected chi connectivity index (χ0v) is 15.5. The van der Waals surface area contributed by atoms with Gasteiger partial charge in [-0.25, -0.2) is 17.1 Å². The molecule has 1 N–H and O–H groups in total. The van der Waals surface area contributed by atoms with Crippen LogP contribution < -0.4 is 5.32 Å². The lowest BCUT2D eigenvalue weighted by molar-refractivity contribution is -0.123. The molecule has 0 saturated heterocycles. The Balaban J connectivity index is 1.78. The molecule has 0 heterocycles. The Hall–Kier alpha value is -2.25. The molecule has 0 atom stereocenters. The summed E-state index contributed by atoms with van der Waals surface area (Å²) in [6.07, 6.45) is 1.39. The Morgan fingerprint density at radius 2 is 1.73 bits per heavy atom. The molecule has 0 radical (unpaired) electrons. The summed E-state index contributed by atoms with van der Waals surface area (Å²) in [5.41, 5.74) is 0.679.